The van der Waals surface area contributed by atoms with Crippen LogP contribution in [0.25, 0.3) is 0 Å². The first kappa shape index (κ1) is 14.3. The van der Waals surface area contributed by atoms with Gasteiger partial charge >= 0.3 is 6.09 Å². The first-order valence-corrected chi connectivity index (χ1v) is 6.27. The van der Waals surface area contributed by atoms with E-state index in [1.807, 2.05) is 13.8 Å². The lowest BCUT2D eigenvalue weighted by atomic mass is 9.80. The van der Waals surface area contributed by atoms with Crippen molar-refractivity contribution in [3.63, 3.8) is 0 Å². The monoisotopic (exact) mass is 281 g/mol. The zero-order valence-electron chi connectivity index (χ0n) is 12.0. The van der Waals surface area contributed by atoms with Crippen molar-refractivity contribution in [3.05, 3.63) is 17.7 Å². The van der Waals surface area contributed by atoms with Gasteiger partial charge in [0.05, 0.1) is 20.3 Å². The fourth-order valence-corrected chi connectivity index (χ4v) is 2.30. The van der Waals surface area contributed by atoms with Crippen molar-refractivity contribution >= 4 is 6.09 Å². The molecule has 1 saturated heterocycles. The minimum absolute atomic E-state index is 0.0602. The summed E-state index contributed by atoms with van der Waals surface area (Å²) in [6.45, 7) is 4.29. The van der Waals surface area contributed by atoms with Crippen molar-refractivity contribution in [1.82, 2.24) is 5.32 Å². The zero-order valence-corrected chi connectivity index (χ0v) is 12.0. The van der Waals surface area contributed by atoms with E-state index in [9.17, 15) is 9.90 Å². The summed E-state index contributed by atoms with van der Waals surface area (Å²) in [5, 5.41) is 12.7. The Labute approximate surface area is 117 Å². The molecule has 2 rings (SSSR count). The molecule has 1 amide bonds. The Bertz CT molecular complexity index is 501. The third kappa shape index (κ3) is 2.45. The summed E-state index contributed by atoms with van der Waals surface area (Å²) in [4.78, 5) is 11.5. The quantitative estimate of drug-likeness (QED) is 0.888. The van der Waals surface area contributed by atoms with Gasteiger partial charge < -0.3 is 24.6 Å². The molecule has 0 aromatic heterocycles. The summed E-state index contributed by atoms with van der Waals surface area (Å²) in [7, 11) is 2.93. The van der Waals surface area contributed by atoms with E-state index in [1.54, 1.807) is 12.1 Å². The van der Waals surface area contributed by atoms with Crippen molar-refractivity contribution in [1.29, 1.82) is 0 Å². The maximum Gasteiger partial charge on any atom is 0.407 e. The highest BCUT2D eigenvalue weighted by atomic mass is 16.6. The molecule has 1 atom stereocenters. The fraction of sp³-hybridized carbons (Fsp3) is 0.500. The number of carbonyl (C=O) groups excluding carboxylic acids is 1. The van der Waals surface area contributed by atoms with E-state index in [1.165, 1.54) is 14.2 Å². The Morgan fingerprint density at radius 3 is 2.35 bits per heavy atom. The number of alkyl carbamates (subject to hydrolysis) is 1. The van der Waals surface area contributed by atoms with Crippen molar-refractivity contribution in [2.45, 2.75) is 19.9 Å². The highest BCUT2D eigenvalue weighted by Gasteiger charge is 2.38. The number of nitrogens with one attached hydrogen (secondary N) is 1. The maximum absolute atomic E-state index is 11.5. The van der Waals surface area contributed by atoms with Crippen LogP contribution < -0.4 is 14.8 Å². The minimum atomic E-state index is -0.458. The van der Waals surface area contributed by atoms with Crippen LogP contribution in [0.1, 0.15) is 25.5 Å². The predicted molar refractivity (Wildman–Crippen MR) is 72.2 cm³/mol. The number of phenolic OH excluding ortho intramolecular Hbond substituents is 1. The molecule has 1 fully saturated rings. The molecule has 0 saturated carbocycles. The molecular weight excluding hydrogens is 262 g/mol. The standard InChI is InChI=1S/C14H19NO5/c1-14(2)7-20-13(17)15-12(14)8-5-9(18-3)11(16)10(6-8)19-4/h5-6,12,16H,7H2,1-4H3,(H,15,17)/t12-/m1/s1. The Kier molecular flexibility index (Phi) is 3.65. The SMILES string of the molecule is COc1cc([C@H]2NC(=O)OCC2(C)C)cc(OC)c1O. The molecule has 110 valence electrons. The van der Waals surface area contributed by atoms with E-state index in [0.29, 0.717) is 18.1 Å². The molecule has 6 heteroatoms. The van der Waals surface area contributed by atoms with Gasteiger partial charge in [-0.2, -0.15) is 0 Å². The number of aromatic hydroxyl groups is 1. The lowest BCUT2D eigenvalue weighted by Gasteiger charge is -2.38. The molecule has 0 radical (unpaired) electrons. The number of benzene rings is 1. The predicted octanol–water partition coefficient (Wildman–Crippen LogP) is 2.22. The van der Waals surface area contributed by atoms with Crippen LogP contribution in [0.5, 0.6) is 17.2 Å². The lowest BCUT2D eigenvalue weighted by Crippen LogP contribution is -2.46. The molecule has 0 unspecified atom stereocenters. The molecule has 1 heterocycles. The van der Waals surface area contributed by atoms with E-state index in [4.69, 9.17) is 14.2 Å². The number of methoxy groups -OCH3 is 2. The van der Waals surface area contributed by atoms with Crippen LogP contribution in [-0.4, -0.2) is 32.0 Å². The Hall–Kier alpha value is -2.11. The molecule has 2 N–H and O–H groups in total. The second-order valence-corrected chi connectivity index (χ2v) is 5.42. The van der Waals surface area contributed by atoms with Crippen molar-refractivity contribution in [3.8, 4) is 17.2 Å². The maximum atomic E-state index is 11.5. The zero-order chi connectivity index (χ0) is 14.9. The molecule has 1 aromatic rings. The summed E-state index contributed by atoms with van der Waals surface area (Å²) in [5.41, 5.74) is 0.499. The molecule has 0 aliphatic carbocycles. The molecule has 1 aliphatic heterocycles. The van der Waals surface area contributed by atoms with E-state index >= 15 is 0 Å². The van der Waals surface area contributed by atoms with E-state index in [0.717, 1.165) is 5.56 Å². The second-order valence-electron chi connectivity index (χ2n) is 5.42. The van der Waals surface area contributed by atoms with Gasteiger partial charge in [-0.05, 0) is 17.7 Å². The molecular formula is C14H19NO5. The van der Waals surface area contributed by atoms with Crippen LogP contribution in [-0.2, 0) is 4.74 Å². The highest BCUT2D eigenvalue weighted by molar-refractivity contribution is 5.69. The third-order valence-electron chi connectivity index (χ3n) is 3.45. The van der Waals surface area contributed by atoms with Gasteiger partial charge in [-0.25, -0.2) is 4.79 Å². The first-order valence-electron chi connectivity index (χ1n) is 6.27. The van der Waals surface area contributed by atoms with Gasteiger partial charge in [0.15, 0.2) is 11.5 Å². The van der Waals surface area contributed by atoms with Crippen molar-refractivity contribution < 1.29 is 24.1 Å². The molecule has 1 aromatic carbocycles. The smallest absolute Gasteiger partial charge is 0.407 e. The highest BCUT2D eigenvalue weighted by Crippen LogP contribution is 2.43. The summed E-state index contributed by atoms with van der Waals surface area (Å²) >= 11 is 0. The largest absolute Gasteiger partial charge is 0.502 e. The molecule has 6 nitrogen and oxygen atoms in total. The van der Waals surface area contributed by atoms with Gasteiger partial charge in [0.1, 0.15) is 6.61 Å². The van der Waals surface area contributed by atoms with Crippen LogP contribution in [0.2, 0.25) is 0 Å². The fourth-order valence-electron chi connectivity index (χ4n) is 2.30. The topological polar surface area (TPSA) is 77.0 Å². The van der Waals surface area contributed by atoms with Crippen molar-refractivity contribution in [2.24, 2.45) is 5.41 Å². The summed E-state index contributed by atoms with van der Waals surface area (Å²) in [6.07, 6.45) is -0.458. The van der Waals surface area contributed by atoms with E-state index in [-0.39, 0.29) is 17.2 Å². The number of hydrogen-bond acceptors (Lipinski definition) is 5. The third-order valence-corrected chi connectivity index (χ3v) is 3.45. The van der Waals surface area contributed by atoms with Crippen LogP contribution in [0.15, 0.2) is 12.1 Å². The summed E-state index contributed by atoms with van der Waals surface area (Å²) < 4.78 is 15.3. The molecule has 0 bridgehead atoms. The van der Waals surface area contributed by atoms with Gasteiger partial charge in [-0.15, -0.1) is 0 Å². The molecule has 1 aliphatic rings. The van der Waals surface area contributed by atoms with Gasteiger partial charge in [0, 0.05) is 5.41 Å². The summed E-state index contributed by atoms with van der Waals surface area (Å²) in [5.74, 6) is 0.543. The number of ether oxygens (including phenoxy) is 3. The Balaban J connectivity index is 2.47. The van der Waals surface area contributed by atoms with Gasteiger partial charge in [-0.1, -0.05) is 13.8 Å². The summed E-state index contributed by atoms with van der Waals surface area (Å²) in [6, 6.07) is 3.12. The molecule has 20 heavy (non-hydrogen) atoms. The van der Waals surface area contributed by atoms with E-state index in [2.05, 4.69) is 5.32 Å². The number of hydrogen-bond donors (Lipinski definition) is 2. The lowest BCUT2D eigenvalue weighted by molar-refractivity contribution is 0.0386. The van der Waals surface area contributed by atoms with Crippen LogP contribution >= 0.6 is 0 Å². The number of rotatable bonds is 3. The average Bonchev–Trinajstić information content (AvgIpc) is 2.42. The average molecular weight is 281 g/mol. The number of cyclic esters (lactones) is 1. The van der Waals surface area contributed by atoms with Crippen LogP contribution in [0.4, 0.5) is 4.79 Å². The number of phenols is 1. The van der Waals surface area contributed by atoms with Gasteiger partial charge in [0.2, 0.25) is 5.75 Å². The van der Waals surface area contributed by atoms with E-state index < -0.39 is 6.09 Å². The number of carbonyl (C=O) groups is 1. The normalized spacial score (nSPS) is 20.8. The van der Waals surface area contributed by atoms with Gasteiger partial charge in [-0.3, -0.25) is 0 Å². The first-order chi connectivity index (χ1) is 9.39. The second kappa shape index (κ2) is 5.11. The van der Waals surface area contributed by atoms with Crippen LogP contribution in [0.3, 0.4) is 0 Å². The van der Waals surface area contributed by atoms with Gasteiger partial charge in [0.25, 0.3) is 0 Å². The van der Waals surface area contributed by atoms with Crippen molar-refractivity contribution in [2.75, 3.05) is 20.8 Å². The Morgan fingerprint density at radius 1 is 1.30 bits per heavy atom. The minimum Gasteiger partial charge on any atom is -0.502 e. The Morgan fingerprint density at radius 2 is 1.85 bits per heavy atom. The number of amides is 1. The molecule has 0 spiro atoms. The van der Waals surface area contributed by atoms with Crippen LogP contribution in [0, 0.1) is 5.41 Å².